The number of hydrogen-bond acceptors (Lipinski definition) is 3. The topological polar surface area (TPSA) is 58.3 Å². The van der Waals surface area contributed by atoms with Crippen LogP contribution in [0.3, 0.4) is 0 Å². The number of carbonyl (C=O) groups excluding carboxylic acids is 1. The van der Waals surface area contributed by atoms with Gasteiger partial charge in [-0.2, -0.15) is 5.26 Å². The van der Waals surface area contributed by atoms with Gasteiger partial charge in [-0.15, -0.1) is 0 Å². The number of morpholine rings is 1. The fourth-order valence-electron chi connectivity index (χ4n) is 1.86. The van der Waals surface area contributed by atoms with Crippen LogP contribution in [0.4, 0.5) is 0 Å². The fraction of sp³-hybridized carbons (Fsp3) is 0.385. The lowest BCUT2D eigenvalue weighted by Crippen LogP contribution is -2.41. The number of hydrogen-bond donors (Lipinski definition) is 0. The molecule has 0 radical (unpaired) electrons. The highest BCUT2D eigenvalue weighted by Crippen LogP contribution is 2.10. The van der Waals surface area contributed by atoms with E-state index >= 15 is 0 Å². The Labute approximate surface area is 106 Å². The molecule has 2 rings (SSSR count). The highest BCUT2D eigenvalue weighted by atomic mass is 16.5. The van der Waals surface area contributed by atoms with Gasteiger partial charge in [0.1, 0.15) is 11.6 Å². The van der Waals surface area contributed by atoms with Crippen molar-refractivity contribution in [3.8, 4) is 6.07 Å². The van der Waals surface area contributed by atoms with Gasteiger partial charge in [0.15, 0.2) is 0 Å². The summed E-state index contributed by atoms with van der Waals surface area (Å²) in [5.41, 5.74) is 1.03. The molecule has 18 heavy (non-hydrogen) atoms. The maximum absolute atomic E-state index is 12.1. The zero-order chi connectivity index (χ0) is 13.0. The predicted octanol–water partition coefficient (Wildman–Crippen LogP) is 0.791. The molecule has 2 heterocycles. The van der Waals surface area contributed by atoms with Crippen LogP contribution in [-0.2, 0) is 16.6 Å². The second kappa shape index (κ2) is 5.52. The van der Waals surface area contributed by atoms with Crippen LogP contribution in [0.5, 0.6) is 0 Å². The van der Waals surface area contributed by atoms with E-state index in [4.69, 9.17) is 10.00 Å². The molecule has 5 heteroatoms. The van der Waals surface area contributed by atoms with Gasteiger partial charge >= 0.3 is 0 Å². The van der Waals surface area contributed by atoms with Crippen molar-refractivity contribution in [2.24, 2.45) is 7.05 Å². The van der Waals surface area contributed by atoms with Crippen molar-refractivity contribution in [1.82, 2.24) is 9.47 Å². The van der Waals surface area contributed by atoms with E-state index in [9.17, 15) is 4.79 Å². The molecule has 0 aliphatic carbocycles. The highest BCUT2D eigenvalue weighted by molar-refractivity contribution is 6.01. The number of nitrogens with zero attached hydrogens (tertiary/aromatic N) is 3. The molecule has 0 atom stereocenters. The van der Waals surface area contributed by atoms with E-state index < -0.39 is 0 Å². The van der Waals surface area contributed by atoms with E-state index in [2.05, 4.69) is 0 Å². The van der Waals surface area contributed by atoms with E-state index in [1.807, 2.05) is 36.1 Å². The van der Waals surface area contributed by atoms with Gasteiger partial charge in [0.2, 0.25) is 0 Å². The minimum Gasteiger partial charge on any atom is -0.378 e. The molecule has 1 amide bonds. The molecule has 1 fully saturated rings. The van der Waals surface area contributed by atoms with Crippen molar-refractivity contribution in [3.05, 3.63) is 29.6 Å². The van der Waals surface area contributed by atoms with Crippen LogP contribution in [0.1, 0.15) is 5.56 Å². The monoisotopic (exact) mass is 245 g/mol. The molecule has 1 saturated heterocycles. The molecule has 0 spiro atoms. The minimum absolute atomic E-state index is 0.170. The molecule has 0 aromatic carbocycles. The predicted molar refractivity (Wildman–Crippen MR) is 66.4 cm³/mol. The molecular weight excluding hydrogens is 230 g/mol. The highest BCUT2D eigenvalue weighted by Gasteiger charge is 2.20. The number of rotatable bonds is 2. The number of nitriles is 1. The van der Waals surface area contributed by atoms with Crippen molar-refractivity contribution >= 4 is 12.0 Å². The molecule has 0 unspecified atom stereocenters. The second-order valence-electron chi connectivity index (χ2n) is 4.18. The maximum Gasteiger partial charge on any atom is 0.264 e. The third-order valence-corrected chi connectivity index (χ3v) is 2.81. The number of carbonyl (C=O) groups is 1. The first-order valence-electron chi connectivity index (χ1n) is 5.81. The van der Waals surface area contributed by atoms with Gasteiger partial charge < -0.3 is 14.2 Å². The third-order valence-electron chi connectivity index (χ3n) is 2.81. The van der Waals surface area contributed by atoms with Crippen molar-refractivity contribution < 1.29 is 9.53 Å². The van der Waals surface area contributed by atoms with Gasteiger partial charge in [-0.05, 0) is 17.7 Å². The average Bonchev–Trinajstić information content (AvgIpc) is 2.82. The fourth-order valence-corrected chi connectivity index (χ4v) is 1.86. The number of aryl methyl sites for hydroxylation is 1. The van der Waals surface area contributed by atoms with Crippen LogP contribution >= 0.6 is 0 Å². The van der Waals surface area contributed by atoms with Crippen LogP contribution in [0.15, 0.2) is 24.0 Å². The van der Waals surface area contributed by atoms with Gasteiger partial charge in [0, 0.05) is 32.5 Å². The normalized spacial score (nSPS) is 16.4. The smallest absolute Gasteiger partial charge is 0.264 e. The number of ether oxygens (including phenoxy) is 1. The van der Waals surface area contributed by atoms with E-state index in [1.54, 1.807) is 11.0 Å². The Morgan fingerprint density at radius 2 is 2.22 bits per heavy atom. The standard InChI is InChI=1S/C13H15N3O2/c1-15-3-2-11(10-15)8-12(9-14)13(17)16-4-6-18-7-5-16/h2-3,8,10H,4-7H2,1H3/b12-8+. The summed E-state index contributed by atoms with van der Waals surface area (Å²) in [5.74, 6) is -0.218. The lowest BCUT2D eigenvalue weighted by atomic mass is 10.1. The Morgan fingerprint density at radius 1 is 1.50 bits per heavy atom. The van der Waals surface area contributed by atoms with Crippen LogP contribution in [-0.4, -0.2) is 41.7 Å². The minimum atomic E-state index is -0.218. The van der Waals surface area contributed by atoms with Gasteiger partial charge in [-0.3, -0.25) is 4.79 Å². The molecule has 0 N–H and O–H groups in total. The summed E-state index contributed by atoms with van der Waals surface area (Å²) in [4.78, 5) is 13.8. The second-order valence-corrected chi connectivity index (χ2v) is 4.18. The van der Waals surface area contributed by atoms with Crippen LogP contribution in [0.2, 0.25) is 0 Å². The molecule has 1 aromatic rings. The molecule has 1 aliphatic heterocycles. The van der Waals surface area contributed by atoms with Crippen molar-refractivity contribution in [1.29, 1.82) is 5.26 Å². The summed E-state index contributed by atoms with van der Waals surface area (Å²) in [7, 11) is 1.90. The van der Waals surface area contributed by atoms with Crippen LogP contribution in [0.25, 0.3) is 6.08 Å². The molecule has 0 bridgehead atoms. The molecule has 1 aliphatic rings. The number of amides is 1. The Morgan fingerprint density at radius 3 is 2.78 bits per heavy atom. The van der Waals surface area contributed by atoms with E-state index in [-0.39, 0.29) is 11.5 Å². The maximum atomic E-state index is 12.1. The average molecular weight is 245 g/mol. The van der Waals surface area contributed by atoms with Crippen molar-refractivity contribution in [2.45, 2.75) is 0 Å². The van der Waals surface area contributed by atoms with Gasteiger partial charge in [-0.1, -0.05) is 0 Å². The lowest BCUT2D eigenvalue weighted by molar-refractivity contribution is -0.130. The van der Waals surface area contributed by atoms with Crippen LogP contribution in [0, 0.1) is 11.3 Å². The molecule has 5 nitrogen and oxygen atoms in total. The zero-order valence-corrected chi connectivity index (χ0v) is 10.3. The Bertz CT molecular complexity index is 505. The van der Waals surface area contributed by atoms with E-state index in [1.165, 1.54) is 0 Å². The summed E-state index contributed by atoms with van der Waals surface area (Å²) in [6.07, 6.45) is 5.36. The van der Waals surface area contributed by atoms with Gasteiger partial charge in [0.25, 0.3) is 5.91 Å². The summed E-state index contributed by atoms with van der Waals surface area (Å²) in [6, 6.07) is 3.84. The summed E-state index contributed by atoms with van der Waals surface area (Å²) < 4.78 is 7.06. The Balaban J connectivity index is 2.15. The third kappa shape index (κ3) is 2.79. The Kier molecular flexibility index (Phi) is 3.80. The van der Waals surface area contributed by atoms with Crippen LogP contribution < -0.4 is 0 Å². The molecule has 94 valence electrons. The summed E-state index contributed by atoms with van der Waals surface area (Å²) in [5, 5.41) is 9.09. The number of aromatic nitrogens is 1. The molecule has 1 aromatic heterocycles. The van der Waals surface area contributed by atoms with E-state index in [0.717, 1.165) is 5.56 Å². The SMILES string of the molecule is Cn1ccc(/C=C(\C#N)C(=O)N2CCOCC2)c1. The Hall–Kier alpha value is -2.06. The first-order valence-corrected chi connectivity index (χ1v) is 5.81. The first-order chi connectivity index (χ1) is 8.70. The van der Waals surface area contributed by atoms with Gasteiger partial charge in [0.05, 0.1) is 13.2 Å². The first kappa shape index (κ1) is 12.4. The van der Waals surface area contributed by atoms with E-state index in [0.29, 0.717) is 26.3 Å². The summed E-state index contributed by atoms with van der Waals surface area (Å²) >= 11 is 0. The largest absolute Gasteiger partial charge is 0.378 e. The van der Waals surface area contributed by atoms with Crippen molar-refractivity contribution in [2.75, 3.05) is 26.3 Å². The molecular formula is C13H15N3O2. The van der Waals surface area contributed by atoms with Crippen molar-refractivity contribution in [3.63, 3.8) is 0 Å². The molecule has 0 saturated carbocycles. The lowest BCUT2D eigenvalue weighted by Gasteiger charge is -2.26. The summed E-state index contributed by atoms with van der Waals surface area (Å²) in [6.45, 7) is 2.17. The quantitative estimate of drug-likeness (QED) is 0.572. The van der Waals surface area contributed by atoms with Gasteiger partial charge in [-0.25, -0.2) is 0 Å². The zero-order valence-electron chi connectivity index (χ0n) is 10.3.